The molecule has 0 bridgehead atoms. The molecule has 2 amide bonds. The molecule has 0 aliphatic carbocycles. The molecular formula is C21H28F4N6O3. The number of likely N-dealkylation sites (tertiary alicyclic amines) is 1. The number of nitrogens with zero attached hydrogens (tertiary/aromatic N) is 2. The van der Waals surface area contributed by atoms with Gasteiger partial charge in [0, 0.05) is 31.9 Å². The van der Waals surface area contributed by atoms with Crippen LogP contribution in [0.25, 0.3) is 0 Å². The van der Waals surface area contributed by atoms with Gasteiger partial charge in [-0.05, 0) is 49.9 Å². The summed E-state index contributed by atoms with van der Waals surface area (Å²) < 4.78 is 55.3. The number of amides is 2. The first-order valence-electron chi connectivity index (χ1n) is 10.5. The molecule has 2 rings (SSSR count). The molecule has 2 atom stereocenters. The minimum absolute atomic E-state index is 0.0465. The number of halogens is 4. The number of piperidine rings is 1. The van der Waals surface area contributed by atoms with Crippen molar-refractivity contribution < 1.29 is 31.9 Å². The van der Waals surface area contributed by atoms with Crippen LogP contribution in [-0.2, 0) is 9.53 Å². The Balaban J connectivity index is 2.00. The summed E-state index contributed by atoms with van der Waals surface area (Å²) in [6.45, 7) is 1.31. The number of benzene rings is 1. The Morgan fingerprint density at radius 3 is 2.32 bits per heavy atom. The Kier molecular flexibility index (Phi) is 9.24. The molecule has 1 unspecified atom stereocenters. The summed E-state index contributed by atoms with van der Waals surface area (Å²) >= 11 is 0. The number of hydrogen-bond donors (Lipinski definition) is 4. The van der Waals surface area contributed by atoms with E-state index in [1.807, 2.05) is 0 Å². The molecule has 1 aromatic rings. The van der Waals surface area contributed by atoms with Gasteiger partial charge in [0.2, 0.25) is 0 Å². The maximum Gasteiger partial charge on any atom is 0.425 e. The zero-order valence-corrected chi connectivity index (χ0v) is 18.5. The van der Waals surface area contributed by atoms with E-state index in [-0.39, 0.29) is 43.0 Å². The van der Waals surface area contributed by atoms with Crippen molar-refractivity contribution in [3.05, 3.63) is 41.9 Å². The molecule has 7 N–H and O–H groups in total. The van der Waals surface area contributed by atoms with Gasteiger partial charge in [0.05, 0.1) is 11.3 Å². The van der Waals surface area contributed by atoms with E-state index in [2.05, 4.69) is 15.0 Å². The quantitative estimate of drug-likeness (QED) is 0.190. The summed E-state index contributed by atoms with van der Waals surface area (Å²) in [7, 11) is 0. The maximum atomic E-state index is 13.0. The number of amidine groups is 1. The van der Waals surface area contributed by atoms with Crippen molar-refractivity contribution in [2.45, 2.75) is 38.1 Å². The number of alkyl halides is 3. The topological polar surface area (TPSA) is 149 Å². The predicted octanol–water partition coefficient (Wildman–Crippen LogP) is 1.90. The largest absolute Gasteiger partial charge is 0.437 e. The highest BCUT2D eigenvalue weighted by atomic mass is 19.4. The predicted molar refractivity (Wildman–Crippen MR) is 117 cm³/mol. The average molecular weight is 488 g/mol. The van der Waals surface area contributed by atoms with Crippen LogP contribution in [0.5, 0.6) is 0 Å². The number of nitrogens with two attached hydrogens (primary N) is 3. The molecular weight excluding hydrogens is 460 g/mol. The Morgan fingerprint density at radius 2 is 1.82 bits per heavy atom. The van der Waals surface area contributed by atoms with E-state index < -0.39 is 30.1 Å². The van der Waals surface area contributed by atoms with Gasteiger partial charge >= 0.3 is 12.3 Å². The molecule has 1 aliphatic rings. The number of carbonyl (C=O) groups excluding carboxylic acids is 2. The van der Waals surface area contributed by atoms with E-state index >= 15 is 0 Å². The van der Waals surface area contributed by atoms with Crippen molar-refractivity contribution in [1.29, 1.82) is 0 Å². The van der Waals surface area contributed by atoms with Gasteiger partial charge in [0.15, 0.2) is 6.10 Å². The van der Waals surface area contributed by atoms with Crippen LogP contribution in [-0.4, -0.2) is 60.7 Å². The Hall–Kier alpha value is -3.35. The summed E-state index contributed by atoms with van der Waals surface area (Å²) in [6.07, 6.45) is -5.66. The number of ether oxygens (including phenoxy) is 1. The molecule has 34 heavy (non-hydrogen) atoms. The molecule has 0 spiro atoms. The van der Waals surface area contributed by atoms with Gasteiger partial charge in [-0.15, -0.1) is 0 Å². The number of nitrogens with one attached hydrogen (secondary N) is 1. The van der Waals surface area contributed by atoms with Crippen molar-refractivity contribution in [3.63, 3.8) is 0 Å². The summed E-state index contributed by atoms with van der Waals surface area (Å²) in [5, 5.41) is 3.00. The van der Waals surface area contributed by atoms with Gasteiger partial charge in [0.1, 0.15) is 11.7 Å². The molecule has 1 fully saturated rings. The van der Waals surface area contributed by atoms with Gasteiger partial charge in [-0.25, -0.2) is 14.2 Å². The van der Waals surface area contributed by atoms with Crippen molar-refractivity contribution in [2.75, 3.05) is 19.6 Å². The molecule has 1 aliphatic heterocycles. The fourth-order valence-electron chi connectivity index (χ4n) is 3.35. The van der Waals surface area contributed by atoms with Crippen molar-refractivity contribution in [3.8, 4) is 0 Å². The summed E-state index contributed by atoms with van der Waals surface area (Å²) in [4.78, 5) is 29.1. The van der Waals surface area contributed by atoms with Crippen LogP contribution in [0.3, 0.4) is 0 Å². The van der Waals surface area contributed by atoms with E-state index in [1.54, 1.807) is 0 Å². The van der Waals surface area contributed by atoms with E-state index in [9.17, 15) is 27.2 Å². The summed E-state index contributed by atoms with van der Waals surface area (Å²) in [6, 6.07) is 4.80. The van der Waals surface area contributed by atoms with Crippen LogP contribution in [0.1, 0.15) is 19.8 Å². The third-order valence-corrected chi connectivity index (χ3v) is 5.42. The Bertz CT molecular complexity index is 912. The van der Waals surface area contributed by atoms with Crippen LogP contribution < -0.4 is 22.5 Å². The van der Waals surface area contributed by atoms with Crippen LogP contribution in [0, 0.1) is 11.7 Å². The standard InChI is InChI=1S/C21H28F4N6O3/c1-12(21(23,24)25)34-20(33)31-8-6-13(7-9-31)17(10-26)29-11-16(19(28)32)18(27)30-15-4-2-14(22)3-5-15/h2-5,11-13,17,29H,6-10,26H2,1H3,(H2,27,30)(H2,28,32)/b16-11+/t12?,17-/m0/s1. The fraction of sp³-hybridized carbons (Fsp3) is 0.476. The summed E-state index contributed by atoms with van der Waals surface area (Å²) in [5.41, 5.74) is 17.4. The van der Waals surface area contributed by atoms with E-state index in [4.69, 9.17) is 17.2 Å². The lowest BCUT2D eigenvalue weighted by Crippen LogP contribution is -2.48. The highest BCUT2D eigenvalue weighted by Gasteiger charge is 2.40. The average Bonchev–Trinajstić information content (AvgIpc) is 2.77. The molecule has 1 heterocycles. The van der Waals surface area contributed by atoms with Crippen molar-refractivity contribution in [1.82, 2.24) is 10.2 Å². The minimum Gasteiger partial charge on any atom is -0.437 e. The smallest absolute Gasteiger partial charge is 0.425 e. The molecule has 188 valence electrons. The highest BCUT2D eigenvalue weighted by Crippen LogP contribution is 2.25. The molecule has 1 aromatic carbocycles. The number of aliphatic imine (C=N–C) groups is 1. The Morgan fingerprint density at radius 1 is 1.24 bits per heavy atom. The Labute approximate surface area is 194 Å². The first kappa shape index (κ1) is 26.9. The van der Waals surface area contributed by atoms with Gasteiger partial charge in [-0.3, -0.25) is 4.79 Å². The van der Waals surface area contributed by atoms with Crippen LogP contribution in [0.2, 0.25) is 0 Å². The second kappa shape index (κ2) is 11.7. The highest BCUT2D eigenvalue weighted by molar-refractivity contribution is 6.20. The molecule has 1 saturated heterocycles. The van der Waals surface area contributed by atoms with Crippen molar-refractivity contribution in [2.24, 2.45) is 28.1 Å². The minimum atomic E-state index is -4.63. The van der Waals surface area contributed by atoms with Gasteiger partial charge < -0.3 is 32.2 Å². The van der Waals surface area contributed by atoms with Gasteiger partial charge in [0.25, 0.3) is 5.91 Å². The van der Waals surface area contributed by atoms with Crippen LogP contribution in [0.15, 0.2) is 41.0 Å². The van der Waals surface area contributed by atoms with Gasteiger partial charge in [-0.2, -0.15) is 13.2 Å². The lowest BCUT2D eigenvalue weighted by Gasteiger charge is -2.35. The van der Waals surface area contributed by atoms with Crippen LogP contribution >= 0.6 is 0 Å². The lowest BCUT2D eigenvalue weighted by atomic mass is 9.89. The molecule has 0 radical (unpaired) electrons. The van der Waals surface area contributed by atoms with Crippen LogP contribution in [0.4, 0.5) is 28.0 Å². The molecule has 0 aromatic heterocycles. The van der Waals surface area contributed by atoms with Gasteiger partial charge in [-0.1, -0.05) is 0 Å². The number of rotatable bonds is 8. The normalized spacial score (nSPS) is 17.8. The number of hydrogen-bond acceptors (Lipinski definition) is 6. The fourth-order valence-corrected chi connectivity index (χ4v) is 3.35. The number of primary amides is 1. The SMILES string of the molecule is CC(OC(=O)N1CCC([C@H](CN)N/C=C(/C(N)=O)C(N)=Nc2ccc(F)cc2)CC1)C(F)(F)F. The zero-order chi connectivity index (χ0) is 25.5. The van der Waals surface area contributed by atoms with E-state index in [1.165, 1.54) is 35.4 Å². The lowest BCUT2D eigenvalue weighted by molar-refractivity contribution is -0.199. The number of carbonyl (C=O) groups is 2. The second-order valence-corrected chi connectivity index (χ2v) is 7.80. The zero-order valence-electron chi connectivity index (χ0n) is 18.5. The first-order chi connectivity index (χ1) is 15.9. The molecule has 0 saturated carbocycles. The third kappa shape index (κ3) is 7.61. The third-order valence-electron chi connectivity index (χ3n) is 5.42. The molecule has 13 heteroatoms. The monoisotopic (exact) mass is 488 g/mol. The maximum absolute atomic E-state index is 13.0. The van der Waals surface area contributed by atoms with E-state index in [0.717, 1.165) is 6.92 Å². The van der Waals surface area contributed by atoms with E-state index in [0.29, 0.717) is 18.5 Å². The second-order valence-electron chi connectivity index (χ2n) is 7.80. The van der Waals surface area contributed by atoms with Crippen molar-refractivity contribution >= 4 is 23.5 Å². The molecule has 9 nitrogen and oxygen atoms in total. The first-order valence-corrected chi connectivity index (χ1v) is 10.5. The summed E-state index contributed by atoms with van der Waals surface area (Å²) in [5.74, 6) is -1.53.